The first-order chi connectivity index (χ1) is 11.6. The number of fused-ring (bicyclic) bond motifs is 1. The summed E-state index contributed by atoms with van der Waals surface area (Å²) in [4.78, 5) is 30.4. The average Bonchev–Trinajstić information content (AvgIpc) is 3.00. The second-order valence-electron chi connectivity index (χ2n) is 5.41. The highest BCUT2D eigenvalue weighted by molar-refractivity contribution is 6.33. The Bertz CT molecular complexity index is 813. The van der Waals surface area contributed by atoms with E-state index in [0.717, 1.165) is 0 Å². The molecule has 0 saturated carbocycles. The van der Waals surface area contributed by atoms with Crippen molar-refractivity contribution in [3.8, 4) is 0 Å². The van der Waals surface area contributed by atoms with Gasteiger partial charge in [0, 0.05) is 13.1 Å². The van der Waals surface area contributed by atoms with Crippen LogP contribution in [0.15, 0.2) is 42.6 Å². The van der Waals surface area contributed by atoms with Gasteiger partial charge in [0.15, 0.2) is 0 Å². The molecule has 3 rings (SSSR count). The average molecular weight is 345 g/mol. The maximum atomic E-state index is 12.5. The number of imidazole rings is 1. The van der Waals surface area contributed by atoms with Gasteiger partial charge in [0.25, 0.3) is 5.91 Å². The molecule has 2 heterocycles. The normalized spacial score (nSPS) is 13.8. The number of benzene rings is 1. The fourth-order valence-electron chi connectivity index (χ4n) is 2.63. The van der Waals surface area contributed by atoms with Gasteiger partial charge in [0.05, 0.1) is 23.5 Å². The van der Waals surface area contributed by atoms with Crippen LogP contribution >= 0.6 is 11.6 Å². The molecule has 1 aliphatic heterocycles. The summed E-state index contributed by atoms with van der Waals surface area (Å²) in [5.41, 5.74) is 1.02. The van der Waals surface area contributed by atoms with E-state index in [1.54, 1.807) is 42.2 Å². The molecule has 2 aromatic rings. The van der Waals surface area contributed by atoms with Crippen molar-refractivity contribution in [1.29, 1.82) is 0 Å². The van der Waals surface area contributed by atoms with Crippen LogP contribution in [0.2, 0.25) is 5.02 Å². The highest BCUT2D eigenvalue weighted by Crippen LogP contribution is 2.22. The molecule has 0 unspecified atom stereocenters. The first-order valence-corrected chi connectivity index (χ1v) is 8.00. The molecule has 0 fully saturated rings. The Morgan fingerprint density at radius 1 is 1.29 bits per heavy atom. The first kappa shape index (κ1) is 16.3. The quantitative estimate of drug-likeness (QED) is 0.870. The van der Waals surface area contributed by atoms with E-state index in [1.807, 2.05) is 4.57 Å². The summed E-state index contributed by atoms with van der Waals surface area (Å²) in [5, 5.41) is 3.27. The van der Waals surface area contributed by atoms with Crippen molar-refractivity contribution in [2.45, 2.75) is 20.0 Å². The summed E-state index contributed by atoms with van der Waals surface area (Å²) >= 11 is 6.07. The number of allylic oxidation sites excluding steroid dienone is 1. The second-order valence-corrected chi connectivity index (χ2v) is 5.81. The molecule has 0 spiro atoms. The van der Waals surface area contributed by atoms with E-state index >= 15 is 0 Å². The Kier molecular flexibility index (Phi) is 4.66. The molecular weight excluding hydrogens is 328 g/mol. The summed E-state index contributed by atoms with van der Waals surface area (Å²) < 4.78 is 1.84. The molecule has 0 radical (unpaired) electrons. The van der Waals surface area contributed by atoms with Crippen LogP contribution in [0, 0.1) is 0 Å². The number of hydrogen-bond donors (Lipinski definition) is 1. The van der Waals surface area contributed by atoms with Gasteiger partial charge in [-0.3, -0.25) is 9.59 Å². The molecule has 0 aliphatic carbocycles. The van der Waals surface area contributed by atoms with Crippen LogP contribution in [0.1, 0.15) is 23.2 Å². The lowest BCUT2D eigenvalue weighted by Gasteiger charge is -2.27. The molecular formula is C17H17ClN4O2. The topological polar surface area (TPSA) is 67.2 Å². The Labute approximate surface area is 144 Å². The molecule has 1 aliphatic rings. The predicted molar refractivity (Wildman–Crippen MR) is 91.9 cm³/mol. The monoisotopic (exact) mass is 344 g/mol. The number of nitrogens with one attached hydrogen (secondary N) is 1. The summed E-state index contributed by atoms with van der Waals surface area (Å²) in [5.74, 6) is 0.382. The molecule has 0 bridgehead atoms. The molecule has 2 amide bonds. The smallest absolute Gasteiger partial charge is 0.273 e. The summed E-state index contributed by atoms with van der Waals surface area (Å²) in [7, 11) is 0. The van der Waals surface area contributed by atoms with E-state index in [2.05, 4.69) is 10.3 Å². The Balaban J connectivity index is 1.77. The minimum absolute atomic E-state index is 0.0474. The number of carbonyl (C=O) groups is 2. The lowest BCUT2D eigenvalue weighted by Crippen LogP contribution is -2.38. The maximum Gasteiger partial charge on any atom is 0.273 e. The Hall–Kier alpha value is -2.60. The number of rotatable bonds is 3. The lowest BCUT2D eigenvalue weighted by molar-refractivity contribution is -0.127. The number of nitrogens with zero attached hydrogens (tertiary/aromatic N) is 3. The summed E-state index contributed by atoms with van der Waals surface area (Å²) in [6, 6.07) is 7.06. The Morgan fingerprint density at radius 3 is 2.83 bits per heavy atom. The zero-order valence-corrected chi connectivity index (χ0v) is 14.0. The summed E-state index contributed by atoms with van der Waals surface area (Å²) in [6.45, 7) is 3.27. The van der Waals surface area contributed by atoms with E-state index in [4.69, 9.17) is 11.6 Å². The van der Waals surface area contributed by atoms with E-state index < -0.39 is 0 Å². The molecule has 0 atom stereocenters. The van der Waals surface area contributed by atoms with Crippen LogP contribution in [0.3, 0.4) is 0 Å². The van der Waals surface area contributed by atoms with Crippen LogP contribution in [0.5, 0.6) is 0 Å². The maximum absolute atomic E-state index is 12.5. The molecule has 0 saturated heterocycles. The first-order valence-electron chi connectivity index (χ1n) is 7.62. The zero-order chi connectivity index (χ0) is 17.1. The van der Waals surface area contributed by atoms with Crippen molar-refractivity contribution in [2.75, 3.05) is 11.9 Å². The lowest BCUT2D eigenvalue weighted by atomic mass is 10.3. The van der Waals surface area contributed by atoms with Gasteiger partial charge >= 0.3 is 0 Å². The van der Waals surface area contributed by atoms with Gasteiger partial charge in [-0.05, 0) is 25.1 Å². The largest absolute Gasteiger partial charge is 0.330 e. The van der Waals surface area contributed by atoms with Crippen molar-refractivity contribution in [3.05, 3.63) is 59.2 Å². The number of carbonyl (C=O) groups excluding carboxylic acids is 2. The van der Waals surface area contributed by atoms with E-state index in [-0.39, 0.29) is 11.8 Å². The Morgan fingerprint density at radius 2 is 2.08 bits per heavy atom. The van der Waals surface area contributed by atoms with Gasteiger partial charge < -0.3 is 14.8 Å². The van der Waals surface area contributed by atoms with Gasteiger partial charge in [-0.2, -0.15) is 0 Å². The van der Waals surface area contributed by atoms with Crippen molar-refractivity contribution >= 4 is 29.1 Å². The van der Waals surface area contributed by atoms with E-state index in [9.17, 15) is 9.59 Å². The number of para-hydroxylation sites is 1. The number of halogens is 1. The molecule has 1 aromatic carbocycles. The van der Waals surface area contributed by atoms with Gasteiger partial charge in [-0.25, -0.2) is 4.98 Å². The summed E-state index contributed by atoms with van der Waals surface area (Å²) in [6.07, 6.45) is 4.78. The zero-order valence-electron chi connectivity index (χ0n) is 13.2. The molecule has 1 aromatic heterocycles. The molecule has 1 N–H and O–H groups in total. The van der Waals surface area contributed by atoms with Crippen LogP contribution in [-0.4, -0.2) is 32.8 Å². The van der Waals surface area contributed by atoms with Gasteiger partial charge in [-0.1, -0.05) is 29.8 Å². The standard InChI is InChI=1S/C17H17ClN4O2/c1-2-5-16(23)21-8-9-22-14(10-19-15(22)11-21)17(24)20-13-7-4-3-6-12(13)18/h2-7,10H,8-9,11H2,1H3,(H,20,24)/b5-2+. The highest BCUT2D eigenvalue weighted by Gasteiger charge is 2.24. The number of amides is 2. The third kappa shape index (κ3) is 3.19. The third-order valence-electron chi connectivity index (χ3n) is 3.84. The number of hydrogen-bond acceptors (Lipinski definition) is 3. The van der Waals surface area contributed by atoms with Crippen LogP contribution in [0.4, 0.5) is 5.69 Å². The number of aromatic nitrogens is 2. The molecule has 24 heavy (non-hydrogen) atoms. The molecule has 6 nitrogen and oxygen atoms in total. The molecule has 124 valence electrons. The van der Waals surface area contributed by atoms with E-state index in [0.29, 0.717) is 41.9 Å². The van der Waals surface area contributed by atoms with Gasteiger partial charge in [0.1, 0.15) is 11.5 Å². The number of anilines is 1. The third-order valence-corrected chi connectivity index (χ3v) is 4.17. The van der Waals surface area contributed by atoms with E-state index in [1.165, 1.54) is 12.3 Å². The van der Waals surface area contributed by atoms with Crippen LogP contribution in [0.25, 0.3) is 0 Å². The van der Waals surface area contributed by atoms with Crippen molar-refractivity contribution < 1.29 is 9.59 Å². The minimum atomic E-state index is -0.268. The van der Waals surface area contributed by atoms with Gasteiger partial charge in [-0.15, -0.1) is 0 Å². The molecule has 7 heteroatoms. The minimum Gasteiger partial charge on any atom is -0.330 e. The van der Waals surface area contributed by atoms with Crippen LogP contribution in [-0.2, 0) is 17.9 Å². The highest BCUT2D eigenvalue weighted by atomic mass is 35.5. The fraction of sp³-hybridized carbons (Fsp3) is 0.235. The van der Waals surface area contributed by atoms with Crippen molar-refractivity contribution in [3.63, 3.8) is 0 Å². The van der Waals surface area contributed by atoms with Crippen LogP contribution < -0.4 is 5.32 Å². The second kappa shape index (κ2) is 6.88. The SMILES string of the molecule is C/C=C/C(=O)N1CCn2c(C(=O)Nc3ccccc3Cl)cnc2C1. The van der Waals surface area contributed by atoms with Crippen molar-refractivity contribution in [2.24, 2.45) is 0 Å². The van der Waals surface area contributed by atoms with Crippen molar-refractivity contribution in [1.82, 2.24) is 14.5 Å². The predicted octanol–water partition coefficient (Wildman–Crippen LogP) is 2.71. The fourth-order valence-corrected chi connectivity index (χ4v) is 2.81. The van der Waals surface area contributed by atoms with Gasteiger partial charge in [0.2, 0.25) is 5.91 Å².